The van der Waals surface area contributed by atoms with Crippen LogP contribution in [0.5, 0.6) is 0 Å². The minimum Gasteiger partial charge on any atom is -0.345 e. The van der Waals surface area contributed by atoms with E-state index in [-0.39, 0.29) is 30.1 Å². The first-order valence-corrected chi connectivity index (χ1v) is 14.1. The zero-order chi connectivity index (χ0) is 28.5. The van der Waals surface area contributed by atoms with Crippen molar-refractivity contribution in [3.8, 4) is 11.4 Å². The molecular weight excluding hydrogens is 506 g/mol. The van der Waals surface area contributed by atoms with Crippen LogP contribution in [-0.2, 0) is 27.3 Å². The summed E-state index contributed by atoms with van der Waals surface area (Å²) in [6.45, 7) is 7.16. The Kier molecular flexibility index (Phi) is 9.99. The highest BCUT2D eigenvalue weighted by Crippen LogP contribution is 2.20. The van der Waals surface area contributed by atoms with E-state index in [2.05, 4.69) is 15.6 Å². The molecule has 0 bridgehead atoms. The predicted molar refractivity (Wildman–Crippen MR) is 152 cm³/mol. The van der Waals surface area contributed by atoms with Crippen LogP contribution in [0, 0.1) is 5.92 Å². The molecule has 0 radical (unpaired) electrons. The van der Waals surface area contributed by atoms with Gasteiger partial charge in [0.1, 0.15) is 11.9 Å². The van der Waals surface area contributed by atoms with Crippen molar-refractivity contribution in [3.63, 3.8) is 0 Å². The van der Waals surface area contributed by atoms with E-state index < -0.39 is 12.1 Å². The topological polar surface area (TPSA) is 122 Å². The Labute approximate surface area is 235 Å². The predicted octanol–water partition coefficient (Wildman–Crippen LogP) is 3.30. The van der Waals surface area contributed by atoms with E-state index in [1.54, 1.807) is 22.0 Å². The van der Waals surface area contributed by atoms with Crippen LogP contribution in [0.2, 0.25) is 0 Å². The maximum atomic E-state index is 13.3. The van der Waals surface area contributed by atoms with Gasteiger partial charge in [0, 0.05) is 43.9 Å². The average molecular weight is 546 g/mol. The number of aryl methyl sites for hydroxylation is 1. The van der Waals surface area contributed by atoms with Crippen LogP contribution < -0.4 is 10.6 Å². The maximum absolute atomic E-state index is 13.3. The highest BCUT2D eigenvalue weighted by Gasteiger charge is 2.27. The summed E-state index contributed by atoms with van der Waals surface area (Å²) in [6, 6.07) is 12.4. The lowest BCUT2D eigenvalue weighted by Gasteiger charge is -2.26. The van der Waals surface area contributed by atoms with Gasteiger partial charge >= 0.3 is 0 Å². The molecule has 40 heavy (non-hydrogen) atoms. The highest BCUT2D eigenvalue weighted by molar-refractivity contribution is 5.87. The first-order chi connectivity index (χ1) is 19.3. The second-order valence-electron chi connectivity index (χ2n) is 10.7. The second-order valence-corrected chi connectivity index (χ2v) is 10.7. The molecule has 0 unspecified atom stereocenters. The van der Waals surface area contributed by atoms with Crippen LogP contribution in [0.3, 0.4) is 0 Å². The minimum absolute atomic E-state index is 0.0142. The van der Waals surface area contributed by atoms with Crippen LogP contribution >= 0.6 is 0 Å². The third-order valence-electron chi connectivity index (χ3n) is 6.95. The maximum Gasteiger partial charge on any atom is 0.243 e. The van der Waals surface area contributed by atoms with Gasteiger partial charge in [0.05, 0.1) is 12.6 Å². The number of carbonyl (C=O) groups is 3. The van der Waals surface area contributed by atoms with Gasteiger partial charge in [0.2, 0.25) is 17.7 Å². The van der Waals surface area contributed by atoms with Gasteiger partial charge in [0.15, 0.2) is 5.82 Å². The third-order valence-corrected chi connectivity index (χ3v) is 6.95. The number of hydrogen-bond donors (Lipinski definition) is 2. The van der Waals surface area contributed by atoms with Crippen LogP contribution in [-0.4, -0.2) is 61.5 Å². The summed E-state index contributed by atoms with van der Waals surface area (Å²) < 4.78 is 1.79. The number of nitrogens with one attached hydrogen (secondary N) is 2. The van der Waals surface area contributed by atoms with Crippen LogP contribution in [0.15, 0.2) is 54.9 Å². The van der Waals surface area contributed by atoms with E-state index in [1.807, 2.05) is 63.2 Å². The molecule has 3 aromatic rings. The van der Waals surface area contributed by atoms with Gasteiger partial charge in [-0.25, -0.2) is 9.67 Å². The fraction of sp³-hybridized carbons (Fsp3) is 0.467. The molecule has 1 aliphatic rings. The number of hydrogen-bond acceptors (Lipinski definition) is 6. The Balaban J connectivity index is 1.60. The van der Waals surface area contributed by atoms with E-state index in [0.717, 1.165) is 11.1 Å². The van der Waals surface area contributed by atoms with Crippen molar-refractivity contribution in [2.24, 2.45) is 5.92 Å². The molecule has 212 valence electrons. The summed E-state index contributed by atoms with van der Waals surface area (Å²) in [5.41, 5.74) is 1.87. The zero-order valence-corrected chi connectivity index (χ0v) is 23.5. The summed E-state index contributed by atoms with van der Waals surface area (Å²) in [4.78, 5) is 50.1. The quantitative estimate of drug-likeness (QED) is 0.490. The Hall–Kier alpha value is -4.08. The monoisotopic (exact) mass is 545 g/mol. The van der Waals surface area contributed by atoms with Gasteiger partial charge in [-0.1, -0.05) is 50.2 Å². The van der Waals surface area contributed by atoms with E-state index >= 15 is 0 Å². The zero-order valence-electron chi connectivity index (χ0n) is 23.5. The molecule has 3 amide bonds. The number of fused-ring (bicyclic) bond motifs is 1. The van der Waals surface area contributed by atoms with Crippen LogP contribution in [0.25, 0.3) is 11.4 Å². The van der Waals surface area contributed by atoms with Gasteiger partial charge in [-0.15, -0.1) is 0 Å². The van der Waals surface area contributed by atoms with E-state index in [0.29, 0.717) is 57.0 Å². The number of benzene rings is 1. The van der Waals surface area contributed by atoms with Gasteiger partial charge < -0.3 is 15.5 Å². The molecule has 0 saturated carbocycles. The smallest absolute Gasteiger partial charge is 0.243 e. The van der Waals surface area contributed by atoms with Crippen LogP contribution in [0.4, 0.5) is 0 Å². The second kappa shape index (κ2) is 13.8. The molecule has 0 saturated heterocycles. The van der Waals surface area contributed by atoms with Crippen molar-refractivity contribution in [1.29, 1.82) is 0 Å². The molecule has 0 aliphatic carbocycles. The van der Waals surface area contributed by atoms with Crippen molar-refractivity contribution < 1.29 is 14.4 Å². The van der Waals surface area contributed by atoms with E-state index in [4.69, 9.17) is 10.1 Å². The van der Waals surface area contributed by atoms with Crippen molar-refractivity contribution >= 4 is 17.7 Å². The molecule has 2 N–H and O–H groups in total. The molecular formula is C30H39N7O3. The average Bonchev–Trinajstić information content (AvgIpc) is 3.38. The molecule has 2 atom stereocenters. The normalized spacial score (nSPS) is 18.9. The van der Waals surface area contributed by atoms with Crippen LogP contribution in [0.1, 0.15) is 63.9 Å². The van der Waals surface area contributed by atoms with Crippen molar-refractivity contribution in [2.75, 3.05) is 13.1 Å². The Morgan fingerprint density at radius 3 is 2.58 bits per heavy atom. The molecule has 1 aromatic carbocycles. The van der Waals surface area contributed by atoms with E-state index in [9.17, 15) is 14.4 Å². The molecule has 10 nitrogen and oxygen atoms in total. The lowest BCUT2D eigenvalue weighted by atomic mass is 10.0. The number of pyridine rings is 1. The van der Waals surface area contributed by atoms with Gasteiger partial charge in [-0.05, 0) is 43.7 Å². The van der Waals surface area contributed by atoms with Gasteiger partial charge in [-0.3, -0.25) is 19.4 Å². The SMILES string of the molecule is CC(C)C[C@H]1NC(=O)CCCN(C(=O)CCc2cccnc2)CCn2nc(-c3ccccc3)nc2[C@@H](C)NC1=O. The van der Waals surface area contributed by atoms with Gasteiger partial charge in [0.25, 0.3) is 0 Å². The first kappa shape index (κ1) is 28.9. The Bertz CT molecular complexity index is 1280. The standard InChI is InChI=1S/C30H39N7O3/c1-21(2)19-25-30(40)32-22(3)29-34-28(24-10-5-4-6-11-24)35-37(29)18-17-36(16-8-12-26(38)33-25)27(39)14-13-23-9-7-15-31-20-23/h4-7,9-11,15,20-22,25H,8,12-14,16-19H2,1-3H3,(H,32,40)(H,33,38)/t22-,25-/m1/s1. The first-order valence-electron chi connectivity index (χ1n) is 14.1. The molecule has 2 aromatic heterocycles. The summed E-state index contributed by atoms with van der Waals surface area (Å²) in [7, 11) is 0. The Morgan fingerprint density at radius 2 is 1.85 bits per heavy atom. The van der Waals surface area contributed by atoms with Crippen molar-refractivity contribution in [1.82, 2.24) is 35.3 Å². The van der Waals surface area contributed by atoms with Gasteiger partial charge in [-0.2, -0.15) is 5.10 Å². The number of nitrogens with zero attached hydrogens (tertiary/aromatic N) is 5. The lowest BCUT2D eigenvalue weighted by Crippen LogP contribution is -2.48. The molecule has 1 aliphatic heterocycles. The molecule has 3 heterocycles. The summed E-state index contributed by atoms with van der Waals surface area (Å²) in [5.74, 6) is 0.952. The number of rotatable bonds is 6. The fourth-order valence-corrected chi connectivity index (χ4v) is 4.86. The molecule has 10 heteroatoms. The molecule has 0 fully saturated rings. The number of amides is 3. The molecule has 4 rings (SSSR count). The van der Waals surface area contributed by atoms with Crippen molar-refractivity contribution in [2.45, 2.75) is 71.5 Å². The largest absolute Gasteiger partial charge is 0.345 e. The Morgan fingerprint density at radius 1 is 1.05 bits per heavy atom. The summed E-state index contributed by atoms with van der Waals surface area (Å²) in [5, 5.41) is 10.7. The number of carbonyl (C=O) groups excluding carboxylic acids is 3. The fourth-order valence-electron chi connectivity index (χ4n) is 4.86. The summed E-state index contributed by atoms with van der Waals surface area (Å²) in [6.07, 6.45) is 5.68. The van der Waals surface area contributed by atoms with Crippen molar-refractivity contribution in [3.05, 3.63) is 66.2 Å². The third kappa shape index (κ3) is 7.97. The van der Waals surface area contributed by atoms with E-state index in [1.165, 1.54) is 0 Å². The summed E-state index contributed by atoms with van der Waals surface area (Å²) >= 11 is 0. The number of aromatic nitrogens is 4. The highest BCUT2D eigenvalue weighted by atomic mass is 16.2. The lowest BCUT2D eigenvalue weighted by molar-refractivity contribution is -0.132. The molecule has 0 spiro atoms. The minimum atomic E-state index is -0.653.